The molecule has 2 aromatic rings. The molecule has 1 aromatic heterocycles. The summed E-state index contributed by atoms with van der Waals surface area (Å²) in [5, 5.41) is 2.03. The summed E-state index contributed by atoms with van der Waals surface area (Å²) >= 11 is 6.22. The van der Waals surface area contributed by atoms with E-state index in [4.69, 9.17) is 16.3 Å². The van der Waals surface area contributed by atoms with E-state index in [0.29, 0.717) is 6.04 Å². The first-order chi connectivity index (χ1) is 7.36. The van der Waals surface area contributed by atoms with E-state index in [9.17, 15) is 0 Å². The van der Waals surface area contributed by atoms with Gasteiger partial charge in [0.25, 0.3) is 0 Å². The van der Waals surface area contributed by atoms with Crippen LogP contribution in [0, 0.1) is 0 Å². The average molecular weight is 222 g/mol. The van der Waals surface area contributed by atoms with E-state index < -0.39 is 0 Å². The lowest BCUT2D eigenvalue weighted by molar-refractivity contribution is 0.187. The second-order valence-corrected chi connectivity index (χ2v) is 4.33. The van der Waals surface area contributed by atoms with Crippen LogP contribution in [0.15, 0.2) is 30.5 Å². The van der Waals surface area contributed by atoms with Crippen LogP contribution < -0.4 is 0 Å². The van der Waals surface area contributed by atoms with E-state index in [1.807, 2.05) is 12.1 Å². The zero-order valence-corrected chi connectivity index (χ0v) is 9.07. The van der Waals surface area contributed by atoms with E-state index in [-0.39, 0.29) is 0 Å². The van der Waals surface area contributed by atoms with Crippen LogP contribution >= 0.6 is 11.6 Å². The Morgan fingerprint density at radius 1 is 1.33 bits per heavy atom. The Morgan fingerprint density at radius 2 is 2.27 bits per heavy atom. The first-order valence-corrected chi connectivity index (χ1v) is 5.57. The van der Waals surface area contributed by atoms with Crippen molar-refractivity contribution in [3.8, 4) is 0 Å². The summed E-state index contributed by atoms with van der Waals surface area (Å²) in [6, 6.07) is 8.58. The maximum atomic E-state index is 6.22. The van der Waals surface area contributed by atoms with Gasteiger partial charge in [-0.25, -0.2) is 0 Å². The van der Waals surface area contributed by atoms with Gasteiger partial charge < -0.3 is 9.30 Å². The van der Waals surface area contributed by atoms with Crippen LogP contribution in [0.25, 0.3) is 10.9 Å². The lowest BCUT2D eigenvalue weighted by atomic mass is 10.2. The van der Waals surface area contributed by atoms with Crippen molar-refractivity contribution in [2.24, 2.45) is 0 Å². The molecule has 3 heteroatoms. The first-order valence-electron chi connectivity index (χ1n) is 5.19. The van der Waals surface area contributed by atoms with Gasteiger partial charge in [0, 0.05) is 18.2 Å². The lowest BCUT2D eigenvalue weighted by Crippen LogP contribution is -2.06. The van der Waals surface area contributed by atoms with Crippen molar-refractivity contribution in [3.05, 3.63) is 35.5 Å². The van der Waals surface area contributed by atoms with Gasteiger partial charge in [-0.15, -0.1) is 0 Å². The molecule has 2 nitrogen and oxygen atoms in total. The quantitative estimate of drug-likeness (QED) is 0.721. The van der Waals surface area contributed by atoms with Gasteiger partial charge >= 0.3 is 0 Å². The zero-order valence-electron chi connectivity index (χ0n) is 8.32. The van der Waals surface area contributed by atoms with Crippen molar-refractivity contribution in [1.29, 1.82) is 0 Å². The summed E-state index contributed by atoms with van der Waals surface area (Å²) in [7, 11) is 0. The molecular formula is C12H12ClNO. The Hall–Kier alpha value is -0.990. The monoisotopic (exact) mass is 221 g/mol. The maximum Gasteiger partial charge on any atom is 0.0674 e. The van der Waals surface area contributed by atoms with Gasteiger partial charge in [-0.3, -0.25) is 0 Å². The van der Waals surface area contributed by atoms with Crippen molar-refractivity contribution >= 4 is 22.5 Å². The van der Waals surface area contributed by atoms with E-state index in [0.717, 1.165) is 30.2 Å². The number of ether oxygens (including phenoxy) is 1. The van der Waals surface area contributed by atoms with Gasteiger partial charge in [-0.05, 0) is 18.6 Å². The van der Waals surface area contributed by atoms with E-state index >= 15 is 0 Å². The van der Waals surface area contributed by atoms with Crippen LogP contribution in [0.4, 0.5) is 0 Å². The molecule has 1 aliphatic rings. The summed E-state index contributed by atoms with van der Waals surface area (Å²) in [5.74, 6) is 0. The highest BCUT2D eigenvalue weighted by Crippen LogP contribution is 2.30. The molecule has 15 heavy (non-hydrogen) atoms. The molecular weight excluding hydrogens is 210 g/mol. The van der Waals surface area contributed by atoms with Crippen molar-refractivity contribution in [3.63, 3.8) is 0 Å². The summed E-state index contributed by atoms with van der Waals surface area (Å²) in [6.45, 7) is 1.66. The van der Waals surface area contributed by atoms with Crippen LogP contribution in [0.2, 0.25) is 5.02 Å². The molecule has 0 radical (unpaired) electrons. The van der Waals surface area contributed by atoms with E-state index in [1.54, 1.807) is 0 Å². The predicted octanol–water partition coefficient (Wildman–Crippen LogP) is 3.26. The Bertz CT molecular complexity index is 485. The first kappa shape index (κ1) is 9.25. The van der Waals surface area contributed by atoms with Gasteiger partial charge in [0.2, 0.25) is 0 Å². The minimum absolute atomic E-state index is 0.447. The zero-order chi connectivity index (χ0) is 10.3. The Balaban J connectivity index is 2.18. The van der Waals surface area contributed by atoms with Crippen LogP contribution in [-0.4, -0.2) is 17.8 Å². The highest BCUT2D eigenvalue weighted by Gasteiger charge is 2.19. The standard InChI is InChI=1S/C12H12ClNO/c13-11-3-1-2-9-4-6-14(12(9)11)10-5-7-15-8-10/h1-4,6,10H,5,7-8H2. The molecule has 2 heterocycles. The van der Waals surface area contributed by atoms with Crippen LogP contribution in [0.3, 0.4) is 0 Å². The third kappa shape index (κ3) is 1.45. The molecule has 0 N–H and O–H groups in total. The third-order valence-electron chi connectivity index (χ3n) is 2.99. The van der Waals surface area contributed by atoms with Crippen molar-refractivity contribution in [1.82, 2.24) is 4.57 Å². The highest BCUT2D eigenvalue weighted by molar-refractivity contribution is 6.35. The molecule has 0 bridgehead atoms. The molecule has 1 aromatic carbocycles. The number of rotatable bonds is 1. The normalized spacial score (nSPS) is 21.3. The average Bonchev–Trinajstić information content (AvgIpc) is 2.85. The molecule has 0 amide bonds. The number of hydrogen-bond acceptors (Lipinski definition) is 1. The molecule has 1 aliphatic heterocycles. The number of aromatic nitrogens is 1. The van der Waals surface area contributed by atoms with Crippen molar-refractivity contribution < 1.29 is 4.74 Å². The van der Waals surface area contributed by atoms with Crippen LogP contribution in [0.5, 0.6) is 0 Å². The smallest absolute Gasteiger partial charge is 0.0674 e. The van der Waals surface area contributed by atoms with Gasteiger partial charge in [0.1, 0.15) is 0 Å². The molecule has 1 atom stereocenters. The van der Waals surface area contributed by atoms with Crippen molar-refractivity contribution in [2.75, 3.05) is 13.2 Å². The number of nitrogens with zero attached hydrogens (tertiary/aromatic N) is 1. The fraction of sp³-hybridized carbons (Fsp3) is 0.333. The fourth-order valence-electron chi connectivity index (χ4n) is 2.22. The second-order valence-electron chi connectivity index (χ2n) is 3.92. The molecule has 0 saturated carbocycles. The summed E-state index contributed by atoms with van der Waals surface area (Å²) in [6.07, 6.45) is 3.19. The Kier molecular flexibility index (Phi) is 2.19. The van der Waals surface area contributed by atoms with Gasteiger partial charge in [-0.2, -0.15) is 0 Å². The molecule has 1 saturated heterocycles. The Morgan fingerprint density at radius 3 is 3.07 bits per heavy atom. The summed E-state index contributed by atoms with van der Waals surface area (Å²) in [4.78, 5) is 0. The summed E-state index contributed by atoms with van der Waals surface area (Å²) in [5.41, 5.74) is 1.13. The van der Waals surface area contributed by atoms with Gasteiger partial charge in [-0.1, -0.05) is 23.7 Å². The number of hydrogen-bond donors (Lipinski definition) is 0. The van der Waals surface area contributed by atoms with Gasteiger partial charge in [0.05, 0.1) is 23.2 Å². The molecule has 0 spiro atoms. The van der Waals surface area contributed by atoms with Gasteiger partial charge in [0.15, 0.2) is 0 Å². The molecule has 0 aliphatic carbocycles. The highest BCUT2D eigenvalue weighted by atomic mass is 35.5. The molecule has 3 rings (SSSR count). The number of benzene rings is 1. The Labute approximate surface area is 93.4 Å². The number of fused-ring (bicyclic) bond motifs is 1. The van der Waals surface area contributed by atoms with E-state index in [2.05, 4.69) is 22.9 Å². The van der Waals surface area contributed by atoms with E-state index in [1.165, 1.54) is 5.39 Å². The molecule has 78 valence electrons. The minimum atomic E-state index is 0.447. The van der Waals surface area contributed by atoms with Crippen molar-refractivity contribution in [2.45, 2.75) is 12.5 Å². The number of halogens is 1. The third-order valence-corrected chi connectivity index (χ3v) is 3.29. The SMILES string of the molecule is Clc1cccc2ccn(C3CCOC3)c12. The summed E-state index contributed by atoms with van der Waals surface area (Å²) < 4.78 is 7.65. The number of para-hydroxylation sites is 1. The molecule has 1 unspecified atom stereocenters. The second kappa shape index (κ2) is 3.54. The minimum Gasteiger partial charge on any atom is -0.379 e. The topological polar surface area (TPSA) is 14.2 Å². The molecule has 1 fully saturated rings. The largest absolute Gasteiger partial charge is 0.379 e. The van der Waals surface area contributed by atoms with Crippen LogP contribution in [-0.2, 0) is 4.74 Å². The lowest BCUT2D eigenvalue weighted by Gasteiger charge is -2.12. The fourth-order valence-corrected chi connectivity index (χ4v) is 2.50. The maximum absolute atomic E-state index is 6.22. The van der Waals surface area contributed by atoms with Crippen LogP contribution in [0.1, 0.15) is 12.5 Å². The predicted molar refractivity (Wildman–Crippen MR) is 61.4 cm³/mol.